The normalized spacial score (nSPS) is 11.5. The van der Waals surface area contributed by atoms with Gasteiger partial charge in [0.2, 0.25) is 0 Å². The Hall–Kier alpha value is -3.79. The maximum absolute atomic E-state index is 12.9. The van der Waals surface area contributed by atoms with Crippen LogP contribution in [0.3, 0.4) is 0 Å². The molecule has 5 aromatic rings. The van der Waals surface area contributed by atoms with E-state index in [0.717, 1.165) is 26.6 Å². The molecule has 0 N–H and O–H groups in total. The van der Waals surface area contributed by atoms with Gasteiger partial charge in [-0.05, 0) is 68.7 Å². The van der Waals surface area contributed by atoms with E-state index in [1.54, 1.807) is 24.3 Å². The Bertz CT molecular complexity index is 1560. The molecule has 0 aliphatic carbocycles. The van der Waals surface area contributed by atoms with Gasteiger partial charge in [0, 0.05) is 0 Å². The van der Waals surface area contributed by atoms with E-state index in [2.05, 4.69) is 27.0 Å². The van der Waals surface area contributed by atoms with Crippen molar-refractivity contribution in [2.24, 2.45) is 0 Å². The van der Waals surface area contributed by atoms with Gasteiger partial charge >= 0.3 is 5.97 Å². The number of esters is 1. The van der Waals surface area contributed by atoms with E-state index in [4.69, 9.17) is 4.74 Å². The van der Waals surface area contributed by atoms with Gasteiger partial charge in [-0.25, -0.2) is 9.78 Å². The van der Waals surface area contributed by atoms with Crippen molar-refractivity contribution in [2.75, 3.05) is 0 Å². The van der Waals surface area contributed by atoms with Crippen LogP contribution in [0.25, 0.3) is 32.6 Å². The van der Waals surface area contributed by atoms with E-state index in [9.17, 15) is 10.1 Å². The first-order chi connectivity index (χ1) is 16.1. The zero-order chi connectivity index (χ0) is 22.8. The van der Waals surface area contributed by atoms with Gasteiger partial charge in [-0.2, -0.15) is 5.26 Å². The molecular formula is C27H15BrN2O2S. The third-order valence-corrected chi connectivity index (χ3v) is 6.81. The van der Waals surface area contributed by atoms with Crippen LogP contribution in [0.2, 0.25) is 0 Å². The van der Waals surface area contributed by atoms with Crippen molar-refractivity contribution < 1.29 is 9.53 Å². The number of allylic oxidation sites excluding steroid dienone is 1. The molecule has 0 fully saturated rings. The molecule has 1 heterocycles. The number of nitrogens with zero attached hydrogens (tertiary/aromatic N) is 2. The molecule has 6 heteroatoms. The lowest BCUT2D eigenvalue weighted by molar-refractivity contribution is 0.0735. The number of rotatable bonds is 4. The molecule has 0 amide bonds. The Kier molecular flexibility index (Phi) is 5.74. The zero-order valence-electron chi connectivity index (χ0n) is 17.2. The molecule has 0 unspecified atom stereocenters. The van der Waals surface area contributed by atoms with Gasteiger partial charge in [0.05, 0.1) is 25.8 Å². The van der Waals surface area contributed by atoms with Crippen molar-refractivity contribution in [3.63, 3.8) is 0 Å². The Morgan fingerprint density at radius 1 is 1.00 bits per heavy atom. The molecule has 5 rings (SSSR count). The monoisotopic (exact) mass is 510 g/mol. The smallest absolute Gasteiger partial charge is 0.344 e. The highest BCUT2D eigenvalue weighted by Gasteiger charge is 2.15. The molecule has 1 aromatic heterocycles. The average Bonchev–Trinajstić information content (AvgIpc) is 3.28. The van der Waals surface area contributed by atoms with E-state index in [1.165, 1.54) is 11.3 Å². The first-order valence-electron chi connectivity index (χ1n) is 10.1. The molecule has 0 aliphatic heterocycles. The van der Waals surface area contributed by atoms with Crippen molar-refractivity contribution in [2.45, 2.75) is 0 Å². The lowest BCUT2D eigenvalue weighted by Gasteiger charge is -2.09. The lowest BCUT2D eigenvalue weighted by atomic mass is 10.0. The van der Waals surface area contributed by atoms with E-state index >= 15 is 0 Å². The number of aromatic nitrogens is 1. The number of thiazole rings is 1. The molecule has 4 nitrogen and oxygen atoms in total. The van der Waals surface area contributed by atoms with Crippen molar-refractivity contribution in [3.05, 3.63) is 106 Å². The van der Waals surface area contributed by atoms with Crippen LogP contribution in [-0.2, 0) is 0 Å². The van der Waals surface area contributed by atoms with Crippen molar-refractivity contribution in [1.82, 2.24) is 4.98 Å². The second-order valence-corrected chi connectivity index (χ2v) is 9.15. The van der Waals surface area contributed by atoms with Crippen LogP contribution in [0.15, 0.2) is 89.4 Å². The van der Waals surface area contributed by atoms with Crippen LogP contribution >= 0.6 is 27.3 Å². The highest BCUT2D eigenvalue weighted by Crippen LogP contribution is 2.31. The topological polar surface area (TPSA) is 63.0 Å². The molecule has 0 saturated heterocycles. The van der Waals surface area contributed by atoms with Crippen LogP contribution in [-0.4, -0.2) is 11.0 Å². The van der Waals surface area contributed by atoms with E-state index in [1.807, 2.05) is 66.7 Å². The predicted molar refractivity (Wildman–Crippen MR) is 136 cm³/mol. The zero-order valence-corrected chi connectivity index (χ0v) is 19.6. The fourth-order valence-corrected chi connectivity index (χ4v) is 4.95. The third kappa shape index (κ3) is 4.29. The largest absolute Gasteiger partial charge is 0.422 e. The van der Waals surface area contributed by atoms with Crippen LogP contribution < -0.4 is 4.74 Å². The van der Waals surface area contributed by atoms with Gasteiger partial charge in [-0.15, -0.1) is 11.3 Å². The fourth-order valence-electron chi connectivity index (χ4n) is 3.54. The summed E-state index contributed by atoms with van der Waals surface area (Å²) in [5.74, 6) is -0.0217. The molecule has 0 radical (unpaired) electrons. The van der Waals surface area contributed by atoms with Crippen molar-refractivity contribution >= 4 is 65.9 Å². The summed E-state index contributed by atoms with van der Waals surface area (Å²) in [6.45, 7) is 0. The molecule has 0 saturated carbocycles. The minimum absolute atomic E-state index is 0.406. The number of halogens is 1. The second-order valence-electron chi connectivity index (χ2n) is 7.26. The maximum atomic E-state index is 12.9. The molecule has 33 heavy (non-hydrogen) atoms. The van der Waals surface area contributed by atoms with Crippen LogP contribution in [0.5, 0.6) is 5.75 Å². The fraction of sp³-hybridized carbons (Fsp3) is 0. The number of carbonyl (C=O) groups is 1. The summed E-state index contributed by atoms with van der Waals surface area (Å²) < 4.78 is 7.32. The van der Waals surface area contributed by atoms with Gasteiger partial charge < -0.3 is 4.74 Å². The van der Waals surface area contributed by atoms with E-state index < -0.39 is 5.97 Å². The van der Waals surface area contributed by atoms with E-state index in [-0.39, 0.29) is 0 Å². The Morgan fingerprint density at radius 2 is 1.79 bits per heavy atom. The van der Waals surface area contributed by atoms with Crippen molar-refractivity contribution in [1.29, 1.82) is 5.26 Å². The number of hydrogen-bond acceptors (Lipinski definition) is 5. The first-order valence-corrected chi connectivity index (χ1v) is 11.7. The molecule has 0 aliphatic rings. The summed E-state index contributed by atoms with van der Waals surface area (Å²) in [6.07, 6.45) is 1.78. The van der Waals surface area contributed by atoms with Gasteiger partial charge in [0.15, 0.2) is 0 Å². The number of hydrogen-bond donors (Lipinski definition) is 0. The number of para-hydroxylation sites is 1. The van der Waals surface area contributed by atoms with Gasteiger partial charge in [0.1, 0.15) is 16.8 Å². The maximum Gasteiger partial charge on any atom is 0.344 e. The third-order valence-electron chi connectivity index (χ3n) is 5.12. The highest BCUT2D eigenvalue weighted by atomic mass is 79.9. The second kappa shape index (κ2) is 8.99. The highest BCUT2D eigenvalue weighted by molar-refractivity contribution is 9.10. The molecular weight excluding hydrogens is 496 g/mol. The van der Waals surface area contributed by atoms with Crippen molar-refractivity contribution in [3.8, 4) is 11.8 Å². The van der Waals surface area contributed by atoms with Crippen LogP contribution in [0.4, 0.5) is 0 Å². The van der Waals surface area contributed by atoms with E-state index in [0.29, 0.717) is 26.4 Å². The van der Waals surface area contributed by atoms with Crippen LogP contribution in [0.1, 0.15) is 20.9 Å². The lowest BCUT2D eigenvalue weighted by Crippen LogP contribution is -2.09. The number of benzene rings is 4. The summed E-state index contributed by atoms with van der Waals surface area (Å²) in [4.78, 5) is 17.4. The van der Waals surface area contributed by atoms with Crippen LogP contribution in [0, 0.1) is 11.3 Å². The number of ether oxygens (including phenoxy) is 1. The average molecular weight is 511 g/mol. The van der Waals surface area contributed by atoms with Gasteiger partial charge in [0.25, 0.3) is 0 Å². The predicted octanol–water partition coefficient (Wildman–Crippen LogP) is 7.50. The molecule has 4 aromatic carbocycles. The summed E-state index contributed by atoms with van der Waals surface area (Å²) in [5, 5.41) is 12.2. The molecule has 0 spiro atoms. The molecule has 158 valence electrons. The number of fused-ring (bicyclic) bond motifs is 2. The summed E-state index contributed by atoms with van der Waals surface area (Å²) in [7, 11) is 0. The minimum atomic E-state index is -0.428. The Balaban J connectivity index is 1.42. The number of nitriles is 1. The SMILES string of the molecule is N#C/C(=C\c1ccc(OC(=O)c2cccc3ccccc23)c(Br)c1)c1nc2ccccc2s1. The Labute approximate surface area is 202 Å². The molecule has 0 atom stereocenters. The van der Waals surface area contributed by atoms with Gasteiger partial charge in [-0.3, -0.25) is 0 Å². The van der Waals surface area contributed by atoms with Gasteiger partial charge in [-0.1, -0.05) is 54.6 Å². The Morgan fingerprint density at radius 3 is 2.61 bits per heavy atom. The summed E-state index contributed by atoms with van der Waals surface area (Å²) >= 11 is 4.97. The summed E-state index contributed by atoms with van der Waals surface area (Å²) in [6, 6.07) is 28.6. The molecule has 0 bridgehead atoms. The first kappa shape index (κ1) is 21.1. The minimum Gasteiger partial charge on any atom is -0.422 e. The standard InChI is InChI=1S/C27H15BrN2O2S/c28-22-15-17(14-19(16-29)26-30-23-10-3-4-11-25(23)33-26)12-13-24(22)32-27(31)21-9-5-7-18-6-1-2-8-20(18)21/h1-15H/b19-14+. The number of carbonyl (C=O) groups excluding carboxylic acids is 1. The summed E-state index contributed by atoms with van der Waals surface area (Å²) in [5.41, 5.74) is 2.65. The quantitative estimate of drug-likeness (QED) is 0.142.